The molecule has 0 aliphatic heterocycles. The van der Waals surface area contributed by atoms with Crippen molar-refractivity contribution in [2.75, 3.05) is 12.4 Å². The fourth-order valence-electron chi connectivity index (χ4n) is 2.43. The maximum atomic E-state index is 12.0. The topological polar surface area (TPSA) is 78.4 Å². The van der Waals surface area contributed by atoms with Gasteiger partial charge in [0.25, 0.3) is 5.22 Å². The van der Waals surface area contributed by atoms with Crippen LogP contribution in [0.2, 0.25) is 0 Å². The van der Waals surface area contributed by atoms with Crippen molar-refractivity contribution in [1.29, 1.82) is 0 Å². The van der Waals surface area contributed by atoms with Gasteiger partial charge in [-0.1, -0.05) is 57.7 Å². The van der Waals surface area contributed by atoms with Crippen molar-refractivity contribution < 1.29 is 18.4 Å². The molecule has 0 radical (unpaired) electrons. The predicted molar refractivity (Wildman–Crippen MR) is 112 cm³/mol. The number of nitrogens with zero attached hydrogens (tertiary/aromatic N) is 2. The zero-order valence-electron chi connectivity index (χ0n) is 14.9. The summed E-state index contributed by atoms with van der Waals surface area (Å²) in [6, 6.07) is 16.6. The summed E-state index contributed by atoms with van der Waals surface area (Å²) < 4.78 is 17.1. The number of hydrogen-bond acceptors (Lipinski definition) is 7. The largest absolute Gasteiger partial charge is 0.449 e. The van der Waals surface area contributed by atoms with Crippen LogP contribution in [0.1, 0.15) is 10.6 Å². The number of aromatic nitrogens is 2. The number of esters is 1. The Hall–Kier alpha value is -3.02. The highest BCUT2D eigenvalue weighted by Crippen LogP contribution is 2.24. The lowest BCUT2D eigenvalue weighted by Gasteiger charge is -1.95. The van der Waals surface area contributed by atoms with Gasteiger partial charge in [0.2, 0.25) is 11.7 Å². The van der Waals surface area contributed by atoms with E-state index in [0.29, 0.717) is 22.4 Å². The maximum absolute atomic E-state index is 12.0. The highest BCUT2D eigenvalue weighted by atomic mass is 79.9. The van der Waals surface area contributed by atoms with Crippen molar-refractivity contribution >= 4 is 44.6 Å². The van der Waals surface area contributed by atoms with Gasteiger partial charge < -0.3 is 13.6 Å². The second-order valence-corrected chi connectivity index (χ2v) is 7.59. The van der Waals surface area contributed by atoms with Crippen LogP contribution in [0.15, 0.2) is 73.1 Å². The summed E-state index contributed by atoms with van der Waals surface area (Å²) in [4.78, 5) is 12.0. The highest BCUT2D eigenvalue weighted by Gasteiger charge is 2.12. The number of para-hydroxylation sites is 1. The Morgan fingerprint density at radius 3 is 2.72 bits per heavy atom. The molecule has 0 spiro atoms. The number of carbonyl (C=O) groups is 1. The average molecular weight is 469 g/mol. The molecule has 4 rings (SSSR count). The molecule has 144 valence electrons. The summed E-state index contributed by atoms with van der Waals surface area (Å²) in [5.74, 6) is 6.18. The van der Waals surface area contributed by atoms with Crippen LogP contribution in [0.5, 0.6) is 0 Å². The molecule has 0 unspecified atom stereocenters. The Morgan fingerprint density at radius 2 is 1.90 bits per heavy atom. The van der Waals surface area contributed by atoms with Gasteiger partial charge in [0.15, 0.2) is 6.61 Å². The van der Waals surface area contributed by atoms with Gasteiger partial charge in [0, 0.05) is 15.4 Å². The number of carbonyl (C=O) groups excluding carboxylic acids is 1. The fourth-order valence-corrected chi connectivity index (χ4v) is 3.23. The molecule has 0 atom stereocenters. The Morgan fingerprint density at radius 1 is 1.07 bits per heavy atom. The van der Waals surface area contributed by atoms with Crippen molar-refractivity contribution in [3.05, 3.63) is 64.8 Å². The van der Waals surface area contributed by atoms with E-state index in [0.717, 1.165) is 15.4 Å². The number of hydrogen-bond donors (Lipinski definition) is 0. The monoisotopic (exact) mass is 468 g/mol. The second-order valence-electron chi connectivity index (χ2n) is 5.75. The molecule has 8 heteroatoms. The molecule has 0 aliphatic rings. The Labute approximate surface area is 178 Å². The molecule has 0 fully saturated rings. The van der Waals surface area contributed by atoms with E-state index >= 15 is 0 Å². The number of ether oxygens (including phenoxy) is 1. The molecule has 0 bridgehead atoms. The summed E-state index contributed by atoms with van der Waals surface area (Å²) in [6.07, 6.45) is 0. The first-order valence-electron chi connectivity index (χ1n) is 8.53. The number of furan rings is 1. The molecule has 0 amide bonds. The lowest BCUT2D eigenvalue weighted by atomic mass is 10.2. The Balaban J connectivity index is 1.24. The summed E-state index contributed by atoms with van der Waals surface area (Å²) in [7, 11) is 0. The van der Waals surface area contributed by atoms with Crippen molar-refractivity contribution in [1.82, 2.24) is 10.2 Å². The van der Waals surface area contributed by atoms with E-state index in [1.807, 2.05) is 42.5 Å². The number of fused-ring (bicyclic) bond motifs is 1. The molecule has 0 N–H and O–H groups in total. The molecule has 4 aromatic rings. The zero-order valence-corrected chi connectivity index (χ0v) is 17.3. The quantitative estimate of drug-likeness (QED) is 0.226. The van der Waals surface area contributed by atoms with Crippen molar-refractivity contribution in [3.8, 4) is 23.3 Å². The van der Waals surface area contributed by atoms with Crippen LogP contribution in [0.25, 0.3) is 22.4 Å². The second kappa shape index (κ2) is 8.99. The van der Waals surface area contributed by atoms with Gasteiger partial charge in [-0.05, 0) is 36.4 Å². The summed E-state index contributed by atoms with van der Waals surface area (Å²) in [5.41, 5.74) is 1.49. The van der Waals surface area contributed by atoms with Crippen LogP contribution >= 0.6 is 27.7 Å². The van der Waals surface area contributed by atoms with Crippen molar-refractivity contribution in [3.63, 3.8) is 0 Å². The van der Waals surface area contributed by atoms with Gasteiger partial charge in [-0.25, -0.2) is 4.79 Å². The molecule has 6 nitrogen and oxygen atoms in total. The Bertz CT molecular complexity index is 1170. The molecule has 2 heterocycles. The number of benzene rings is 2. The number of halogens is 1. The van der Waals surface area contributed by atoms with Gasteiger partial charge in [0.1, 0.15) is 5.58 Å². The normalized spacial score (nSPS) is 10.5. The zero-order chi connectivity index (χ0) is 20.1. The van der Waals surface area contributed by atoms with E-state index in [1.165, 1.54) is 11.8 Å². The molecule has 0 saturated heterocycles. The van der Waals surface area contributed by atoms with Crippen LogP contribution in [0.4, 0.5) is 0 Å². The minimum absolute atomic E-state index is 0.0234. The van der Waals surface area contributed by atoms with E-state index in [9.17, 15) is 4.79 Å². The van der Waals surface area contributed by atoms with Crippen LogP contribution in [0, 0.1) is 11.8 Å². The lowest BCUT2D eigenvalue weighted by molar-refractivity contribution is 0.0523. The van der Waals surface area contributed by atoms with E-state index < -0.39 is 5.97 Å². The summed E-state index contributed by atoms with van der Waals surface area (Å²) in [5, 5.41) is 9.29. The SMILES string of the molecule is O=C(OCC#CCSc1nnc(-c2ccc(Br)cc2)o1)c1cc2ccccc2o1. The van der Waals surface area contributed by atoms with Crippen LogP contribution in [0.3, 0.4) is 0 Å². The van der Waals surface area contributed by atoms with Gasteiger partial charge in [-0.2, -0.15) is 0 Å². The molecular weight excluding hydrogens is 456 g/mol. The molecule has 0 aliphatic carbocycles. The van der Waals surface area contributed by atoms with Gasteiger partial charge in [0.05, 0.1) is 5.75 Å². The average Bonchev–Trinajstić information content (AvgIpc) is 3.38. The molecule has 2 aromatic carbocycles. The minimum atomic E-state index is -0.542. The third-order valence-electron chi connectivity index (χ3n) is 3.79. The van der Waals surface area contributed by atoms with E-state index in [2.05, 4.69) is 38.0 Å². The molecular formula is C21H13BrN2O4S. The highest BCUT2D eigenvalue weighted by molar-refractivity contribution is 9.10. The smallest absolute Gasteiger partial charge is 0.375 e. The first-order chi connectivity index (χ1) is 14.2. The first-order valence-corrected chi connectivity index (χ1v) is 10.3. The van der Waals surface area contributed by atoms with Gasteiger partial charge in [-0.3, -0.25) is 0 Å². The lowest BCUT2D eigenvalue weighted by Crippen LogP contribution is -2.03. The molecule has 2 aromatic heterocycles. The van der Waals surface area contributed by atoms with Gasteiger partial charge >= 0.3 is 5.97 Å². The van der Waals surface area contributed by atoms with E-state index in [4.69, 9.17) is 13.6 Å². The van der Waals surface area contributed by atoms with Crippen molar-refractivity contribution in [2.45, 2.75) is 5.22 Å². The Kier molecular flexibility index (Phi) is 5.98. The van der Waals surface area contributed by atoms with Crippen LogP contribution in [-0.4, -0.2) is 28.5 Å². The number of thioether (sulfide) groups is 1. The van der Waals surface area contributed by atoms with E-state index in [-0.39, 0.29) is 12.4 Å². The minimum Gasteiger partial charge on any atom is -0.449 e. The van der Waals surface area contributed by atoms with E-state index in [1.54, 1.807) is 12.1 Å². The van der Waals surface area contributed by atoms with Crippen LogP contribution < -0.4 is 0 Å². The molecule has 0 saturated carbocycles. The molecule has 29 heavy (non-hydrogen) atoms. The summed E-state index contributed by atoms with van der Waals surface area (Å²) >= 11 is 4.70. The number of rotatable bonds is 5. The standard InChI is InChI=1S/C21H13BrN2O4S/c22-16-9-7-14(8-10-16)19-23-24-21(28-19)29-12-4-3-11-26-20(25)18-13-15-5-1-2-6-17(15)27-18/h1-2,5-10,13H,11-12H2. The maximum Gasteiger partial charge on any atom is 0.375 e. The first kappa shape index (κ1) is 19.3. The fraction of sp³-hybridized carbons (Fsp3) is 0.0952. The third-order valence-corrected chi connectivity index (χ3v) is 5.02. The predicted octanol–water partition coefficient (Wildman–Crippen LogP) is 5.20. The summed E-state index contributed by atoms with van der Waals surface area (Å²) in [6.45, 7) is -0.0234. The van der Waals surface area contributed by atoms with Crippen molar-refractivity contribution in [2.24, 2.45) is 0 Å². The van der Waals surface area contributed by atoms with Crippen LogP contribution in [-0.2, 0) is 4.74 Å². The third kappa shape index (κ3) is 4.88. The van der Waals surface area contributed by atoms with Gasteiger partial charge in [-0.15, -0.1) is 10.2 Å².